The smallest absolute Gasteiger partial charge is 0.340 e. The zero-order chi connectivity index (χ0) is 16.6. The molecule has 0 N–H and O–H groups in total. The summed E-state index contributed by atoms with van der Waals surface area (Å²) in [7, 11) is -4.18. The first-order valence-electron chi connectivity index (χ1n) is 6.29. The molecule has 8 heteroatoms. The summed E-state index contributed by atoms with van der Waals surface area (Å²) in [5.74, 6) is -0.0112. The summed E-state index contributed by atoms with van der Waals surface area (Å²) in [5, 5.41) is 0.831. The van der Waals surface area contributed by atoms with Crippen molar-refractivity contribution in [3.05, 3.63) is 69.0 Å². The molecule has 0 aliphatic heterocycles. The monoisotopic (exact) mass is 370 g/mol. The summed E-state index contributed by atoms with van der Waals surface area (Å²) in [6, 6.07) is 11.2. The highest BCUT2D eigenvalue weighted by Crippen LogP contribution is 2.28. The Hall–Kier alpha value is -2.02. The molecule has 118 valence electrons. The fourth-order valence-corrected chi connectivity index (χ4v) is 3.60. The van der Waals surface area contributed by atoms with Gasteiger partial charge >= 0.3 is 15.7 Å². The maximum atomic E-state index is 12.3. The number of hydrogen-bond acceptors (Lipinski definition) is 5. The standard InChI is InChI=1S/C15H8Cl2O5S/c16-10-3-5-12(17)14(7-10)23(19,20)22-11-4-1-9-2-6-15(18)21-13(9)8-11/h1-8H. The lowest BCUT2D eigenvalue weighted by Gasteiger charge is -2.09. The van der Waals surface area contributed by atoms with Crippen LogP contribution in [0.4, 0.5) is 0 Å². The average Bonchev–Trinajstić information content (AvgIpc) is 2.48. The summed E-state index contributed by atoms with van der Waals surface area (Å²) < 4.78 is 34.7. The highest BCUT2D eigenvalue weighted by molar-refractivity contribution is 7.87. The highest BCUT2D eigenvalue weighted by Gasteiger charge is 2.21. The van der Waals surface area contributed by atoms with Crippen molar-refractivity contribution in [2.24, 2.45) is 0 Å². The van der Waals surface area contributed by atoms with E-state index in [1.165, 1.54) is 36.4 Å². The third-order valence-electron chi connectivity index (χ3n) is 2.96. The minimum atomic E-state index is -4.18. The van der Waals surface area contributed by atoms with Crippen LogP contribution in [-0.4, -0.2) is 8.42 Å². The second kappa shape index (κ2) is 5.88. The summed E-state index contributed by atoms with van der Waals surface area (Å²) >= 11 is 11.7. The van der Waals surface area contributed by atoms with Crippen LogP contribution in [0.15, 0.2) is 62.6 Å². The van der Waals surface area contributed by atoms with Crippen LogP contribution in [0.5, 0.6) is 5.75 Å². The SMILES string of the molecule is O=c1ccc2ccc(OS(=O)(=O)c3cc(Cl)ccc3Cl)cc2o1. The second-order valence-corrected chi connectivity index (χ2v) is 6.92. The van der Waals surface area contributed by atoms with Gasteiger partial charge in [-0.3, -0.25) is 0 Å². The van der Waals surface area contributed by atoms with Gasteiger partial charge in [0.15, 0.2) is 0 Å². The van der Waals surface area contributed by atoms with Crippen LogP contribution in [0.3, 0.4) is 0 Å². The van der Waals surface area contributed by atoms with Gasteiger partial charge in [0, 0.05) is 22.5 Å². The van der Waals surface area contributed by atoms with Crippen LogP contribution in [0.2, 0.25) is 10.0 Å². The van der Waals surface area contributed by atoms with Crippen molar-refractivity contribution in [2.75, 3.05) is 0 Å². The predicted molar refractivity (Wildman–Crippen MR) is 86.8 cm³/mol. The fraction of sp³-hybridized carbons (Fsp3) is 0. The molecule has 5 nitrogen and oxygen atoms in total. The predicted octanol–water partition coefficient (Wildman–Crippen LogP) is 3.87. The van der Waals surface area contributed by atoms with Gasteiger partial charge in [-0.25, -0.2) is 4.79 Å². The van der Waals surface area contributed by atoms with E-state index in [4.69, 9.17) is 31.8 Å². The average molecular weight is 371 g/mol. The number of benzene rings is 2. The molecule has 0 unspecified atom stereocenters. The van der Waals surface area contributed by atoms with Crippen LogP contribution in [0.1, 0.15) is 0 Å². The van der Waals surface area contributed by atoms with Gasteiger partial charge in [0.05, 0.1) is 5.02 Å². The molecule has 0 aliphatic carbocycles. The van der Waals surface area contributed by atoms with Crippen molar-refractivity contribution in [2.45, 2.75) is 4.90 Å². The third-order valence-corrected chi connectivity index (χ3v) is 4.93. The van der Waals surface area contributed by atoms with Crippen molar-refractivity contribution in [3.8, 4) is 5.75 Å². The summed E-state index contributed by atoms with van der Waals surface area (Å²) in [4.78, 5) is 11.0. The van der Waals surface area contributed by atoms with Crippen molar-refractivity contribution in [1.82, 2.24) is 0 Å². The summed E-state index contributed by atoms with van der Waals surface area (Å²) in [6.07, 6.45) is 0. The largest absolute Gasteiger partial charge is 0.423 e. The highest BCUT2D eigenvalue weighted by atomic mass is 35.5. The number of fused-ring (bicyclic) bond motifs is 1. The van der Waals surface area contributed by atoms with Gasteiger partial charge in [-0.1, -0.05) is 23.2 Å². The minimum Gasteiger partial charge on any atom is -0.423 e. The van der Waals surface area contributed by atoms with E-state index in [1.807, 2.05) is 0 Å². The lowest BCUT2D eigenvalue weighted by Crippen LogP contribution is -2.10. The zero-order valence-corrected chi connectivity index (χ0v) is 13.7. The maximum Gasteiger partial charge on any atom is 0.340 e. The Morgan fingerprint density at radius 3 is 2.48 bits per heavy atom. The first-order valence-corrected chi connectivity index (χ1v) is 8.45. The normalized spacial score (nSPS) is 11.6. The van der Waals surface area contributed by atoms with Crippen molar-refractivity contribution in [3.63, 3.8) is 0 Å². The molecule has 0 saturated heterocycles. The van der Waals surface area contributed by atoms with Crippen LogP contribution < -0.4 is 9.81 Å². The van der Waals surface area contributed by atoms with Gasteiger partial charge in [-0.15, -0.1) is 0 Å². The van der Waals surface area contributed by atoms with Crippen molar-refractivity contribution in [1.29, 1.82) is 0 Å². The molecule has 2 aromatic carbocycles. The van der Waals surface area contributed by atoms with Gasteiger partial charge in [-0.2, -0.15) is 8.42 Å². The van der Waals surface area contributed by atoms with Crippen LogP contribution >= 0.6 is 23.2 Å². The van der Waals surface area contributed by atoms with E-state index < -0.39 is 15.7 Å². The van der Waals surface area contributed by atoms with Crippen LogP contribution in [0, 0.1) is 0 Å². The van der Waals surface area contributed by atoms with Gasteiger partial charge in [0.25, 0.3) is 0 Å². The maximum absolute atomic E-state index is 12.3. The Balaban J connectivity index is 2.03. The Kier molecular flexibility index (Phi) is 4.06. The molecule has 1 aromatic heterocycles. The van der Waals surface area contributed by atoms with Crippen LogP contribution in [0.25, 0.3) is 11.0 Å². The van der Waals surface area contributed by atoms with E-state index in [0.29, 0.717) is 5.39 Å². The molecular formula is C15H8Cl2O5S. The number of hydrogen-bond donors (Lipinski definition) is 0. The van der Waals surface area contributed by atoms with E-state index in [0.717, 1.165) is 0 Å². The van der Waals surface area contributed by atoms with Gasteiger partial charge in [0.1, 0.15) is 16.2 Å². The van der Waals surface area contributed by atoms with Crippen molar-refractivity contribution >= 4 is 44.3 Å². The van der Waals surface area contributed by atoms with Crippen LogP contribution in [-0.2, 0) is 10.1 Å². The number of halogens is 2. The molecule has 0 atom stereocenters. The number of rotatable bonds is 3. The quantitative estimate of drug-likeness (QED) is 0.516. The van der Waals surface area contributed by atoms with Gasteiger partial charge < -0.3 is 8.60 Å². The van der Waals surface area contributed by atoms with Gasteiger partial charge in [0.2, 0.25) is 0 Å². The molecule has 0 saturated carbocycles. The third kappa shape index (κ3) is 3.34. The van der Waals surface area contributed by atoms with E-state index in [1.54, 1.807) is 12.1 Å². The molecule has 0 amide bonds. The minimum absolute atomic E-state index is 0.0112. The molecule has 3 rings (SSSR count). The molecule has 23 heavy (non-hydrogen) atoms. The molecule has 0 radical (unpaired) electrons. The van der Waals surface area contributed by atoms with E-state index in [-0.39, 0.29) is 26.3 Å². The fourth-order valence-electron chi connectivity index (χ4n) is 1.93. The first kappa shape index (κ1) is 15.9. The topological polar surface area (TPSA) is 73.6 Å². The molecule has 0 fully saturated rings. The Morgan fingerprint density at radius 1 is 0.957 bits per heavy atom. The molecular weight excluding hydrogens is 363 g/mol. The van der Waals surface area contributed by atoms with Gasteiger partial charge in [-0.05, 0) is 36.4 Å². The Labute approximate surface area is 141 Å². The Morgan fingerprint density at radius 2 is 1.70 bits per heavy atom. The van der Waals surface area contributed by atoms with Crippen molar-refractivity contribution < 1.29 is 17.0 Å². The molecule has 0 spiro atoms. The molecule has 1 heterocycles. The van der Waals surface area contributed by atoms with E-state index in [2.05, 4.69) is 0 Å². The zero-order valence-electron chi connectivity index (χ0n) is 11.3. The summed E-state index contributed by atoms with van der Waals surface area (Å²) in [5.41, 5.74) is -0.335. The molecule has 0 bridgehead atoms. The summed E-state index contributed by atoms with van der Waals surface area (Å²) in [6.45, 7) is 0. The second-order valence-electron chi connectivity index (χ2n) is 4.57. The van der Waals surface area contributed by atoms with E-state index in [9.17, 15) is 13.2 Å². The lowest BCUT2D eigenvalue weighted by molar-refractivity contribution is 0.485. The Bertz CT molecular complexity index is 1060. The lowest BCUT2D eigenvalue weighted by atomic mass is 10.2. The first-order chi connectivity index (χ1) is 10.8. The van der Waals surface area contributed by atoms with E-state index >= 15 is 0 Å². The molecule has 3 aromatic rings. The molecule has 0 aliphatic rings.